The van der Waals surface area contributed by atoms with Gasteiger partial charge in [0.2, 0.25) is 0 Å². The summed E-state index contributed by atoms with van der Waals surface area (Å²) in [5, 5.41) is 12.4. The molecule has 0 aliphatic heterocycles. The highest BCUT2D eigenvalue weighted by molar-refractivity contribution is 7.17. The summed E-state index contributed by atoms with van der Waals surface area (Å²) in [6, 6.07) is 0. The molecule has 0 spiro atoms. The standard InChI is InChI=1S/C10H14N2O3S/c1-5(13)7-6(8(14)15)11-9(16-7)12-10(2,3)4/h1-4H3,(H,11,12)(H,14,15). The van der Waals surface area contributed by atoms with Crippen LogP contribution >= 0.6 is 11.3 Å². The molecule has 0 atom stereocenters. The summed E-state index contributed by atoms with van der Waals surface area (Å²) in [7, 11) is 0. The Morgan fingerprint density at radius 1 is 1.38 bits per heavy atom. The molecule has 0 aliphatic carbocycles. The first-order valence-corrected chi connectivity index (χ1v) is 5.55. The minimum atomic E-state index is -1.18. The normalized spacial score (nSPS) is 11.2. The second-order valence-corrected chi connectivity index (χ2v) is 5.43. The number of thiazole rings is 1. The molecule has 0 saturated carbocycles. The summed E-state index contributed by atoms with van der Waals surface area (Å²) in [6.07, 6.45) is 0. The summed E-state index contributed by atoms with van der Waals surface area (Å²) < 4.78 is 0. The summed E-state index contributed by atoms with van der Waals surface area (Å²) >= 11 is 1.07. The molecular weight excluding hydrogens is 228 g/mol. The monoisotopic (exact) mass is 242 g/mol. The first-order valence-electron chi connectivity index (χ1n) is 4.74. The first kappa shape index (κ1) is 12.6. The largest absolute Gasteiger partial charge is 0.476 e. The van der Waals surface area contributed by atoms with Crippen molar-refractivity contribution in [2.24, 2.45) is 0 Å². The molecule has 16 heavy (non-hydrogen) atoms. The Kier molecular flexibility index (Phi) is 3.32. The number of carboxylic acid groups (broad SMARTS) is 1. The van der Waals surface area contributed by atoms with Crippen LogP contribution in [0.5, 0.6) is 0 Å². The van der Waals surface area contributed by atoms with Crippen LogP contribution < -0.4 is 5.32 Å². The van der Waals surface area contributed by atoms with Crippen molar-refractivity contribution in [3.8, 4) is 0 Å². The lowest BCUT2D eigenvalue weighted by Crippen LogP contribution is -2.25. The Hall–Kier alpha value is -1.43. The van der Waals surface area contributed by atoms with Crippen molar-refractivity contribution in [3.63, 3.8) is 0 Å². The van der Waals surface area contributed by atoms with Gasteiger partial charge in [0.05, 0.1) is 0 Å². The maximum atomic E-state index is 11.2. The number of aromatic carboxylic acids is 1. The van der Waals surface area contributed by atoms with Gasteiger partial charge in [0, 0.05) is 12.5 Å². The number of carbonyl (C=O) groups is 2. The van der Waals surface area contributed by atoms with E-state index in [1.165, 1.54) is 6.92 Å². The zero-order chi connectivity index (χ0) is 12.5. The van der Waals surface area contributed by atoms with Crippen molar-refractivity contribution < 1.29 is 14.7 Å². The molecule has 1 heterocycles. The van der Waals surface area contributed by atoms with E-state index in [9.17, 15) is 9.59 Å². The second-order valence-electron chi connectivity index (χ2n) is 4.43. The Labute approximate surface area is 97.5 Å². The van der Waals surface area contributed by atoms with Gasteiger partial charge in [-0.25, -0.2) is 9.78 Å². The molecule has 0 fully saturated rings. The fraction of sp³-hybridized carbons (Fsp3) is 0.500. The summed E-state index contributed by atoms with van der Waals surface area (Å²) in [5.41, 5.74) is -0.397. The minimum Gasteiger partial charge on any atom is -0.476 e. The fourth-order valence-corrected chi connectivity index (χ4v) is 2.14. The van der Waals surface area contributed by atoms with Crippen LogP contribution in [0.1, 0.15) is 47.9 Å². The molecular formula is C10H14N2O3S. The van der Waals surface area contributed by atoms with Crippen molar-refractivity contribution in [2.75, 3.05) is 5.32 Å². The van der Waals surface area contributed by atoms with Crippen molar-refractivity contribution >= 4 is 28.2 Å². The lowest BCUT2D eigenvalue weighted by atomic mass is 10.1. The zero-order valence-electron chi connectivity index (χ0n) is 9.62. The number of anilines is 1. The summed E-state index contributed by atoms with van der Waals surface area (Å²) in [4.78, 5) is 26.2. The number of carbonyl (C=O) groups excluding carboxylic acids is 1. The molecule has 0 amide bonds. The van der Waals surface area contributed by atoms with E-state index in [-0.39, 0.29) is 21.9 Å². The highest BCUT2D eigenvalue weighted by atomic mass is 32.1. The van der Waals surface area contributed by atoms with Crippen molar-refractivity contribution in [1.29, 1.82) is 0 Å². The van der Waals surface area contributed by atoms with Crippen LogP contribution in [0.3, 0.4) is 0 Å². The summed E-state index contributed by atoms with van der Waals surface area (Å²) in [6.45, 7) is 7.13. The highest BCUT2D eigenvalue weighted by Gasteiger charge is 2.22. The van der Waals surface area contributed by atoms with Gasteiger partial charge in [0.25, 0.3) is 0 Å². The van der Waals surface area contributed by atoms with Crippen LogP contribution in [-0.4, -0.2) is 27.4 Å². The van der Waals surface area contributed by atoms with Gasteiger partial charge in [-0.3, -0.25) is 4.79 Å². The van der Waals surface area contributed by atoms with E-state index in [1.54, 1.807) is 0 Å². The van der Waals surface area contributed by atoms with Crippen LogP contribution in [0, 0.1) is 0 Å². The molecule has 0 radical (unpaired) electrons. The third-order valence-electron chi connectivity index (χ3n) is 1.63. The number of nitrogens with one attached hydrogen (secondary N) is 1. The molecule has 0 bridgehead atoms. The molecule has 88 valence electrons. The van der Waals surface area contributed by atoms with E-state index in [4.69, 9.17) is 5.11 Å². The van der Waals surface area contributed by atoms with Crippen LogP contribution in [0.15, 0.2) is 0 Å². The Bertz CT molecular complexity index is 400. The van der Waals surface area contributed by atoms with Crippen molar-refractivity contribution in [1.82, 2.24) is 4.98 Å². The fourth-order valence-electron chi connectivity index (χ4n) is 1.08. The third kappa shape index (κ3) is 3.03. The number of nitrogens with zero attached hydrogens (tertiary/aromatic N) is 1. The molecule has 1 rings (SSSR count). The second kappa shape index (κ2) is 4.21. The van der Waals surface area contributed by atoms with Crippen molar-refractivity contribution in [3.05, 3.63) is 10.6 Å². The van der Waals surface area contributed by atoms with Gasteiger partial charge >= 0.3 is 5.97 Å². The van der Waals surface area contributed by atoms with Gasteiger partial charge in [-0.15, -0.1) is 0 Å². The lowest BCUT2D eigenvalue weighted by Gasteiger charge is -2.19. The van der Waals surface area contributed by atoms with Gasteiger partial charge in [-0.2, -0.15) is 0 Å². The number of carboxylic acids is 1. The van der Waals surface area contributed by atoms with Gasteiger partial charge in [-0.1, -0.05) is 11.3 Å². The van der Waals surface area contributed by atoms with Crippen LogP contribution in [0.2, 0.25) is 0 Å². The molecule has 6 heteroatoms. The van der Waals surface area contributed by atoms with E-state index in [1.807, 2.05) is 20.8 Å². The number of ketones is 1. The number of rotatable bonds is 3. The molecule has 1 aromatic rings. The maximum Gasteiger partial charge on any atom is 0.356 e. The topological polar surface area (TPSA) is 79.3 Å². The van der Waals surface area contributed by atoms with Gasteiger partial charge in [0.1, 0.15) is 4.88 Å². The predicted molar refractivity (Wildman–Crippen MR) is 62.5 cm³/mol. The first-order chi connectivity index (χ1) is 7.20. The van der Waals surface area contributed by atoms with Crippen LogP contribution in [-0.2, 0) is 0 Å². The summed E-state index contributed by atoms with van der Waals surface area (Å²) in [5.74, 6) is -1.46. The van der Waals surface area contributed by atoms with E-state index >= 15 is 0 Å². The Morgan fingerprint density at radius 3 is 2.25 bits per heavy atom. The smallest absolute Gasteiger partial charge is 0.356 e. The maximum absolute atomic E-state index is 11.2. The van der Waals surface area contributed by atoms with Gasteiger partial charge < -0.3 is 10.4 Å². The van der Waals surface area contributed by atoms with Crippen LogP contribution in [0.25, 0.3) is 0 Å². The molecule has 0 aromatic carbocycles. The Balaban J connectivity index is 3.12. The number of aromatic nitrogens is 1. The van der Waals surface area contributed by atoms with Crippen molar-refractivity contribution in [2.45, 2.75) is 33.2 Å². The quantitative estimate of drug-likeness (QED) is 0.795. The molecule has 5 nitrogen and oxygen atoms in total. The van der Waals surface area contributed by atoms with Gasteiger partial charge in [0.15, 0.2) is 16.6 Å². The third-order valence-corrected chi connectivity index (χ3v) is 2.70. The number of hydrogen-bond donors (Lipinski definition) is 2. The lowest BCUT2D eigenvalue weighted by molar-refractivity contribution is 0.0687. The molecule has 0 unspecified atom stereocenters. The average molecular weight is 242 g/mol. The zero-order valence-corrected chi connectivity index (χ0v) is 10.4. The minimum absolute atomic E-state index is 0.177. The number of hydrogen-bond acceptors (Lipinski definition) is 5. The van der Waals surface area contributed by atoms with Crippen LogP contribution in [0.4, 0.5) is 5.13 Å². The number of Topliss-reactive ketones (excluding diaryl/α,β-unsaturated/α-hetero) is 1. The molecule has 1 aromatic heterocycles. The van der Waals surface area contributed by atoms with E-state index in [0.717, 1.165) is 11.3 Å². The SMILES string of the molecule is CC(=O)c1sc(NC(C)(C)C)nc1C(=O)O. The average Bonchev–Trinajstić information content (AvgIpc) is 2.44. The molecule has 0 aliphatic rings. The van der Waals surface area contributed by atoms with Gasteiger partial charge in [-0.05, 0) is 20.8 Å². The van der Waals surface area contributed by atoms with E-state index in [0.29, 0.717) is 5.13 Å². The van der Waals surface area contributed by atoms with E-state index < -0.39 is 5.97 Å². The Morgan fingerprint density at radius 2 is 1.94 bits per heavy atom. The molecule has 2 N–H and O–H groups in total. The van der Waals surface area contributed by atoms with E-state index in [2.05, 4.69) is 10.3 Å². The molecule has 0 saturated heterocycles. The predicted octanol–water partition coefficient (Wildman–Crippen LogP) is 2.25. The highest BCUT2D eigenvalue weighted by Crippen LogP contribution is 2.26.